The summed E-state index contributed by atoms with van der Waals surface area (Å²) < 4.78 is 10.9. The van der Waals surface area contributed by atoms with Gasteiger partial charge in [0.15, 0.2) is 5.13 Å². The molecule has 4 heterocycles. The molecule has 1 saturated heterocycles. The smallest absolute Gasteiger partial charge is 0.248 e. The summed E-state index contributed by atoms with van der Waals surface area (Å²) in [4.78, 5) is 18.9. The van der Waals surface area contributed by atoms with E-state index in [0.717, 1.165) is 44.1 Å². The van der Waals surface area contributed by atoms with Crippen LogP contribution in [0.25, 0.3) is 11.5 Å². The highest BCUT2D eigenvalue weighted by Crippen LogP contribution is 2.21. The molecular weight excluding hydrogens is 386 g/mol. The lowest BCUT2D eigenvalue weighted by Crippen LogP contribution is -2.35. The Labute approximate surface area is 164 Å². The van der Waals surface area contributed by atoms with Gasteiger partial charge in [0.2, 0.25) is 17.7 Å². The van der Waals surface area contributed by atoms with Gasteiger partial charge in [0.1, 0.15) is 0 Å². The van der Waals surface area contributed by atoms with Gasteiger partial charge in [0.25, 0.3) is 0 Å². The van der Waals surface area contributed by atoms with Crippen LogP contribution in [0, 0.1) is 0 Å². The van der Waals surface area contributed by atoms with Crippen LogP contribution in [-0.2, 0) is 22.5 Å². The average molecular weight is 406 g/mol. The molecule has 10 heteroatoms. The van der Waals surface area contributed by atoms with Gasteiger partial charge in [-0.3, -0.25) is 9.69 Å². The molecule has 4 rings (SSSR count). The first kappa shape index (κ1) is 18.2. The maximum atomic E-state index is 12.2. The highest BCUT2D eigenvalue weighted by molar-refractivity contribution is 7.13. The van der Waals surface area contributed by atoms with Crippen LogP contribution in [0.1, 0.15) is 18.0 Å². The summed E-state index contributed by atoms with van der Waals surface area (Å²) in [6, 6.07) is 1.92. The number of hydrogen-bond acceptors (Lipinski definition) is 9. The van der Waals surface area contributed by atoms with E-state index in [0.29, 0.717) is 23.3 Å². The fraction of sp³-hybridized carbons (Fsp3) is 0.412. The van der Waals surface area contributed by atoms with Gasteiger partial charge >= 0.3 is 0 Å². The normalized spacial score (nSPS) is 15.1. The first-order chi connectivity index (χ1) is 13.3. The number of carbonyl (C=O) groups is 1. The number of rotatable bonds is 7. The highest BCUT2D eigenvalue weighted by Gasteiger charge is 2.14. The van der Waals surface area contributed by atoms with Gasteiger partial charge in [-0.1, -0.05) is 0 Å². The Hall–Kier alpha value is -2.14. The number of morpholine rings is 1. The number of aromatic nitrogens is 3. The summed E-state index contributed by atoms with van der Waals surface area (Å²) in [5.41, 5.74) is 1.87. The van der Waals surface area contributed by atoms with Gasteiger partial charge in [-0.05, 0) is 11.4 Å². The topological polar surface area (TPSA) is 93.4 Å². The maximum Gasteiger partial charge on any atom is 0.248 e. The van der Waals surface area contributed by atoms with Crippen molar-refractivity contribution in [1.29, 1.82) is 0 Å². The number of hydrogen-bond donors (Lipinski definition) is 1. The number of amides is 1. The minimum atomic E-state index is -0.113. The van der Waals surface area contributed by atoms with Gasteiger partial charge in [0.05, 0.1) is 18.9 Å². The molecule has 1 N–H and O–H groups in total. The minimum absolute atomic E-state index is 0.113. The van der Waals surface area contributed by atoms with Gasteiger partial charge in [-0.15, -0.1) is 21.5 Å². The molecule has 1 aliphatic rings. The summed E-state index contributed by atoms with van der Waals surface area (Å²) in [6.45, 7) is 4.13. The maximum absolute atomic E-state index is 12.2. The molecule has 142 valence electrons. The Morgan fingerprint density at radius 1 is 1.26 bits per heavy atom. The molecule has 0 saturated carbocycles. The van der Waals surface area contributed by atoms with E-state index in [1.54, 1.807) is 11.3 Å². The molecule has 0 bridgehead atoms. The van der Waals surface area contributed by atoms with Crippen molar-refractivity contribution in [3.05, 3.63) is 33.8 Å². The second kappa shape index (κ2) is 8.70. The number of aryl methyl sites for hydroxylation is 1. The van der Waals surface area contributed by atoms with Crippen molar-refractivity contribution >= 4 is 33.7 Å². The average Bonchev–Trinajstić information content (AvgIpc) is 3.43. The predicted octanol–water partition coefficient (Wildman–Crippen LogP) is 2.66. The first-order valence-electron chi connectivity index (χ1n) is 8.65. The van der Waals surface area contributed by atoms with E-state index in [-0.39, 0.29) is 12.3 Å². The fourth-order valence-corrected chi connectivity index (χ4v) is 4.03. The second-order valence-electron chi connectivity index (χ2n) is 6.09. The van der Waals surface area contributed by atoms with E-state index >= 15 is 0 Å². The summed E-state index contributed by atoms with van der Waals surface area (Å²) in [6.07, 6.45) is 0.665. The lowest BCUT2D eigenvalue weighted by atomic mass is 10.3. The lowest BCUT2D eigenvalue weighted by Gasteiger charge is -2.25. The number of carbonyl (C=O) groups excluding carboxylic acids is 1. The second-order valence-corrected chi connectivity index (χ2v) is 7.73. The van der Waals surface area contributed by atoms with Gasteiger partial charge in [-0.2, -0.15) is 11.3 Å². The van der Waals surface area contributed by atoms with Crippen molar-refractivity contribution in [2.75, 3.05) is 31.6 Å². The SMILES string of the molecule is O=C(CCc1nnc(-c2ccsc2)o1)Nc1nc(CN2CCOCC2)cs1. The Morgan fingerprint density at radius 2 is 2.15 bits per heavy atom. The largest absolute Gasteiger partial charge is 0.421 e. The third-order valence-corrected chi connectivity index (χ3v) is 5.58. The number of ether oxygens (including phenoxy) is 1. The molecule has 0 atom stereocenters. The van der Waals surface area contributed by atoms with E-state index in [4.69, 9.17) is 9.15 Å². The Morgan fingerprint density at radius 3 is 2.96 bits per heavy atom. The van der Waals surface area contributed by atoms with E-state index in [1.807, 2.05) is 22.2 Å². The number of thiophene rings is 1. The molecule has 1 amide bonds. The Balaban J connectivity index is 1.25. The molecule has 8 nitrogen and oxygen atoms in total. The summed E-state index contributed by atoms with van der Waals surface area (Å²) in [5, 5.41) is 17.4. The zero-order chi connectivity index (χ0) is 18.5. The van der Waals surface area contributed by atoms with E-state index in [9.17, 15) is 4.79 Å². The van der Waals surface area contributed by atoms with Crippen molar-refractivity contribution in [3.63, 3.8) is 0 Å². The molecule has 0 unspecified atom stereocenters. The molecule has 1 aliphatic heterocycles. The predicted molar refractivity (Wildman–Crippen MR) is 103 cm³/mol. The summed E-state index contributed by atoms with van der Waals surface area (Å²) in [7, 11) is 0. The van der Waals surface area contributed by atoms with Crippen molar-refractivity contribution in [3.8, 4) is 11.5 Å². The molecular formula is C17H19N5O3S2. The van der Waals surface area contributed by atoms with E-state index in [1.165, 1.54) is 11.3 Å². The number of thiazole rings is 1. The summed E-state index contributed by atoms with van der Waals surface area (Å²) in [5.74, 6) is 0.829. The van der Waals surface area contributed by atoms with Crippen LogP contribution in [0.2, 0.25) is 0 Å². The lowest BCUT2D eigenvalue weighted by molar-refractivity contribution is -0.116. The van der Waals surface area contributed by atoms with Gasteiger partial charge in [-0.25, -0.2) is 4.98 Å². The Bertz CT molecular complexity index is 871. The standard InChI is InChI=1S/C17H19N5O3S2/c23-14(1-2-15-20-21-16(25-15)12-3-8-26-10-12)19-17-18-13(11-27-17)9-22-4-6-24-7-5-22/h3,8,10-11H,1-2,4-7,9H2,(H,18,19,23). The van der Waals surface area contributed by atoms with Crippen LogP contribution in [0.3, 0.4) is 0 Å². The number of anilines is 1. The van der Waals surface area contributed by atoms with Crippen molar-refractivity contribution in [1.82, 2.24) is 20.1 Å². The molecule has 1 fully saturated rings. The van der Waals surface area contributed by atoms with Crippen molar-refractivity contribution < 1.29 is 13.9 Å². The zero-order valence-corrected chi connectivity index (χ0v) is 16.2. The minimum Gasteiger partial charge on any atom is -0.421 e. The van der Waals surface area contributed by atoms with Crippen LogP contribution in [-0.4, -0.2) is 52.3 Å². The molecule has 3 aromatic rings. The molecule has 0 spiro atoms. The Kier molecular flexibility index (Phi) is 5.87. The van der Waals surface area contributed by atoms with Gasteiger partial charge in [0, 0.05) is 48.8 Å². The van der Waals surface area contributed by atoms with Crippen LogP contribution in [0.15, 0.2) is 26.6 Å². The first-order valence-corrected chi connectivity index (χ1v) is 10.5. The molecule has 3 aromatic heterocycles. The molecule has 0 radical (unpaired) electrons. The van der Waals surface area contributed by atoms with Gasteiger partial charge < -0.3 is 14.5 Å². The van der Waals surface area contributed by atoms with Crippen LogP contribution in [0.4, 0.5) is 5.13 Å². The fourth-order valence-electron chi connectivity index (χ4n) is 2.69. The zero-order valence-electron chi connectivity index (χ0n) is 14.6. The molecule has 27 heavy (non-hydrogen) atoms. The highest BCUT2D eigenvalue weighted by atomic mass is 32.1. The molecule has 0 aliphatic carbocycles. The van der Waals surface area contributed by atoms with Crippen LogP contribution >= 0.6 is 22.7 Å². The number of nitrogens with zero attached hydrogens (tertiary/aromatic N) is 4. The third kappa shape index (κ3) is 4.98. The number of nitrogens with one attached hydrogen (secondary N) is 1. The monoisotopic (exact) mass is 405 g/mol. The quantitative estimate of drug-likeness (QED) is 0.646. The van der Waals surface area contributed by atoms with E-state index < -0.39 is 0 Å². The van der Waals surface area contributed by atoms with Crippen LogP contribution in [0.5, 0.6) is 0 Å². The third-order valence-electron chi connectivity index (χ3n) is 4.09. The van der Waals surface area contributed by atoms with E-state index in [2.05, 4.69) is 25.4 Å². The van der Waals surface area contributed by atoms with Crippen LogP contribution < -0.4 is 5.32 Å². The molecule has 0 aromatic carbocycles. The van der Waals surface area contributed by atoms with Crippen molar-refractivity contribution in [2.24, 2.45) is 0 Å². The summed E-state index contributed by atoms with van der Waals surface area (Å²) >= 11 is 3.01. The van der Waals surface area contributed by atoms with Crippen molar-refractivity contribution in [2.45, 2.75) is 19.4 Å².